The lowest BCUT2D eigenvalue weighted by atomic mass is 10.1. The Morgan fingerprint density at radius 2 is 1.77 bits per heavy atom. The first kappa shape index (κ1) is 17.8. The van der Waals surface area contributed by atoms with Crippen LogP contribution in [-0.2, 0) is 11.4 Å². The van der Waals surface area contributed by atoms with E-state index in [9.17, 15) is 0 Å². The molecule has 0 spiro atoms. The summed E-state index contributed by atoms with van der Waals surface area (Å²) in [4.78, 5) is 12.5. The Hall–Kier alpha value is -1.63. The van der Waals surface area contributed by atoms with Crippen molar-refractivity contribution in [1.82, 2.24) is 19.4 Å². The van der Waals surface area contributed by atoms with E-state index in [-0.39, 0.29) is 0 Å². The van der Waals surface area contributed by atoms with Gasteiger partial charge in [-0.25, -0.2) is 4.98 Å². The maximum Gasteiger partial charge on any atom is 0.208 e. The Labute approximate surface area is 156 Å². The summed E-state index contributed by atoms with van der Waals surface area (Å²) in [5.74, 6) is 1.84. The fraction of sp³-hybridized carbons (Fsp3) is 0.650. The number of aromatic nitrogens is 2. The number of anilines is 1. The number of imidazole rings is 1. The lowest BCUT2D eigenvalue weighted by Crippen LogP contribution is -2.49. The summed E-state index contributed by atoms with van der Waals surface area (Å²) in [5.41, 5.74) is 2.35. The summed E-state index contributed by atoms with van der Waals surface area (Å²) < 4.78 is 7.86. The molecule has 6 nitrogen and oxygen atoms in total. The molecule has 3 heterocycles. The molecule has 1 aromatic carbocycles. The van der Waals surface area contributed by atoms with E-state index in [2.05, 4.69) is 57.4 Å². The molecule has 0 aliphatic carbocycles. The van der Waals surface area contributed by atoms with Crippen molar-refractivity contribution < 1.29 is 4.74 Å². The molecule has 1 saturated heterocycles. The molecule has 6 heteroatoms. The zero-order chi connectivity index (χ0) is 17.9. The quantitative estimate of drug-likeness (QED) is 0.794. The van der Waals surface area contributed by atoms with Crippen LogP contribution in [0, 0.1) is 5.92 Å². The van der Waals surface area contributed by atoms with Gasteiger partial charge >= 0.3 is 0 Å². The van der Waals surface area contributed by atoms with E-state index >= 15 is 0 Å². The second-order valence-electron chi connectivity index (χ2n) is 7.91. The van der Waals surface area contributed by atoms with Crippen LogP contribution in [0.5, 0.6) is 0 Å². The maximum atomic E-state index is 5.47. The number of para-hydroxylation sites is 2. The average Bonchev–Trinajstić information content (AvgIpc) is 3.04. The summed E-state index contributed by atoms with van der Waals surface area (Å²) in [6.45, 7) is 13.6. The fourth-order valence-electron chi connectivity index (χ4n) is 3.83. The number of nitrogens with zero attached hydrogens (tertiary/aromatic N) is 5. The minimum atomic E-state index is 0.705. The highest BCUT2D eigenvalue weighted by Crippen LogP contribution is 2.27. The van der Waals surface area contributed by atoms with Crippen molar-refractivity contribution in [2.45, 2.75) is 26.9 Å². The van der Waals surface area contributed by atoms with Crippen LogP contribution in [0.4, 0.5) is 5.95 Å². The molecular weight excluding hydrogens is 326 g/mol. The fourth-order valence-corrected chi connectivity index (χ4v) is 3.83. The van der Waals surface area contributed by atoms with E-state index in [0.717, 1.165) is 70.7 Å². The third-order valence-electron chi connectivity index (χ3n) is 5.44. The second kappa shape index (κ2) is 7.94. The first-order valence-electron chi connectivity index (χ1n) is 9.93. The molecule has 1 aromatic heterocycles. The highest BCUT2D eigenvalue weighted by atomic mass is 16.5. The molecule has 2 aliphatic rings. The summed E-state index contributed by atoms with van der Waals surface area (Å²) in [6.07, 6.45) is 1.19. The largest absolute Gasteiger partial charge is 0.379 e. The van der Waals surface area contributed by atoms with E-state index in [1.807, 2.05) is 0 Å². The predicted molar refractivity (Wildman–Crippen MR) is 105 cm³/mol. The molecule has 2 aliphatic heterocycles. The summed E-state index contributed by atoms with van der Waals surface area (Å²) >= 11 is 0. The van der Waals surface area contributed by atoms with Gasteiger partial charge in [0.05, 0.1) is 37.6 Å². The molecular formula is C20H31N5O. The van der Waals surface area contributed by atoms with E-state index in [1.165, 1.54) is 11.9 Å². The van der Waals surface area contributed by atoms with E-state index in [0.29, 0.717) is 5.92 Å². The summed E-state index contributed by atoms with van der Waals surface area (Å²) in [7, 11) is 0. The van der Waals surface area contributed by atoms with Crippen LogP contribution in [-0.4, -0.2) is 72.0 Å². The van der Waals surface area contributed by atoms with Gasteiger partial charge in [0.1, 0.15) is 0 Å². The number of rotatable bonds is 6. The van der Waals surface area contributed by atoms with Crippen molar-refractivity contribution in [1.29, 1.82) is 0 Å². The summed E-state index contributed by atoms with van der Waals surface area (Å²) in [6, 6.07) is 8.51. The van der Waals surface area contributed by atoms with Crippen LogP contribution in [0.1, 0.15) is 20.3 Å². The average molecular weight is 358 g/mol. The number of benzene rings is 1. The smallest absolute Gasteiger partial charge is 0.208 e. The first-order valence-corrected chi connectivity index (χ1v) is 9.93. The third-order valence-corrected chi connectivity index (χ3v) is 5.44. The third kappa shape index (κ3) is 3.87. The Balaban J connectivity index is 1.51. The lowest BCUT2D eigenvalue weighted by Gasteiger charge is -2.38. The van der Waals surface area contributed by atoms with Crippen molar-refractivity contribution in [3.63, 3.8) is 0 Å². The monoisotopic (exact) mass is 357 g/mol. The van der Waals surface area contributed by atoms with Gasteiger partial charge in [0.15, 0.2) is 0 Å². The van der Waals surface area contributed by atoms with Gasteiger partial charge in [-0.3, -0.25) is 14.4 Å². The van der Waals surface area contributed by atoms with Crippen LogP contribution >= 0.6 is 0 Å². The number of hydrogen-bond donors (Lipinski definition) is 0. The van der Waals surface area contributed by atoms with Crippen molar-refractivity contribution in [2.75, 3.05) is 57.5 Å². The molecule has 0 radical (unpaired) electrons. The van der Waals surface area contributed by atoms with E-state index in [4.69, 9.17) is 9.72 Å². The van der Waals surface area contributed by atoms with Crippen LogP contribution in [0.25, 0.3) is 11.0 Å². The second-order valence-corrected chi connectivity index (χ2v) is 7.91. The zero-order valence-electron chi connectivity index (χ0n) is 16.1. The lowest BCUT2D eigenvalue weighted by molar-refractivity contribution is 0.0310. The Morgan fingerprint density at radius 1 is 1.00 bits per heavy atom. The highest BCUT2D eigenvalue weighted by Gasteiger charge is 2.26. The highest BCUT2D eigenvalue weighted by molar-refractivity contribution is 5.79. The Morgan fingerprint density at radius 3 is 2.58 bits per heavy atom. The van der Waals surface area contributed by atoms with Gasteiger partial charge < -0.3 is 9.64 Å². The zero-order valence-corrected chi connectivity index (χ0v) is 16.1. The standard InChI is InChI=1S/C20H31N5O/c1-17(2)7-8-24-15-23(10-9-22-11-13-26-14-12-22)16-25-19-6-4-3-5-18(19)21-20(24)25/h3-6,17H,7-16H2,1-2H3. The van der Waals surface area contributed by atoms with Gasteiger partial charge in [-0.1, -0.05) is 26.0 Å². The van der Waals surface area contributed by atoms with Gasteiger partial charge in [-0.05, 0) is 24.5 Å². The van der Waals surface area contributed by atoms with Gasteiger partial charge in [0, 0.05) is 32.7 Å². The molecule has 4 rings (SSSR count). The van der Waals surface area contributed by atoms with Crippen molar-refractivity contribution in [3.8, 4) is 0 Å². The van der Waals surface area contributed by atoms with E-state index < -0.39 is 0 Å². The molecule has 142 valence electrons. The molecule has 2 aromatic rings. The van der Waals surface area contributed by atoms with Gasteiger partial charge in [-0.15, -0.1) is 0 Å². The van der Waals surface area contributed by atoms with E-state index in [1.54, 1.807) is 0 Å². The van der Waals surface area contributed by atoms with Gasteiger partial charge in [0.25, 0.3) is 0 Å². The van der Waals surface area contributed by atoms with Crippen LogP contribution in [0.15, 0.2) is 24.3 Å². The predicted octanol–water partition coefficient (Wildman–Crippen LogP) is 2.45. The van der Waals surface area contributed by atoms with Gasteiger partial charge in [-0.2, -0.15) is 0 Å². The summed E-state index contributed by atoms with van der Waals surface area (Å²) in [5, 5.41) is 0. The minimum Gasteiger partial charge on any atom is -0.379 e. The molecule has 0 bridgehead atoms. The van der Waals surface area contributed by atoms with Crippen LogP contribution in [0.2, 0.25) is 0 Å². The molecule has 0 amide bonds. The van der Waals surface area contributed by atoms with Crippen LogP contribution < -0.4 is 4.90 Å². The molecule has 0 N–H and O–H groups in total. The molecule has 1 fully saturated rings. The number of fused-ring (bicyclic) bond motifs is 3. The van der Waals surface area contributed by atoms with Crippen molar-refractivity contribution in [2.24, 2.45) is 5.92 Å². The number of ether oxygens (including phenoxy) is 1. The minimum absolute atomic E-state index is 0.705. The first-order chi connectivity index (χ1) is 12.7. The van der Waals surface area contributed by atoms with Crippen molar-refractivity contribution >= 4 is 17.0 Å². The number of hydrogen-bond acceptors (Lipinski definition) is 5. The molecule has 26 heavy (non-hydrogen) atoms. The topological polar surface area (TPSA) is 36.8 Å². The van der Waals surface area contributed by atoms with Crippen molar-refractivity contribution in [3.05, 3.63) is 24.3 Å². The normalized spacial score (nSPS) is 19.4. The van der Waals surface area contributed by atoms with Gasteiger partial charge in [0.2, 0.25) is 5.95 Å². The number of morpholine rings is 1. The molecule has 0 saturated carbocycles. The van der Waals surface area contributed by atoms with Crippen LogP contribution in [0.3, 0.4) is 0 Å². The maximum absolute atomic E-state index is 5.47. The SMILES string of the molecule is CC(C)CCN1CN(CCN2CCOCC2)Cn2c1nc1ccccc12. The Bertz CT molecular complexity index is 722. The molecule has 0 unspecified atom stereocenters. The molecule has 0 atom stereocenters. The Kier molecular flexibility index (Phi) is 5.43.